The lowest BCUT2D eigenvalue weighted by Gasteiger charge is -2.25. The van der Waals surface area contributed by atoms with Gasteiger partial charge < -0.3 is 10.6 Å². The van der Waals surface area contributed by atoms with Crippen LogP contribution in [-0.2, 0) is 6.54 Å². The summed E-state index contributed by atoms with van der Waals surface area (Å²) in [7, 11) is 0. The van der Waals surface area contributed by atoms with Crippen molar-refractivity contribution in [1.29, 1.82) is 0 Å². The maximum atomic E-state index is 6.07. The number of rotatable bonds is 4. The number of aromatic nitrogens is 1. The van der Waals surface area contributed by atoms with Crippen LogP contribution in [0.1, 0.15) is 12.5 Å². The van der Waals surface area contributed by atoms with Crippen LogP contribution in [0.2, 0.25) is 0 Å². The van der Waals surface area contributed by atoms with Gasteiger partial charge in [0.2, 0.25) is 0 Å². The number of anilines is 2. The Labute approximate surface area is 125 Å². The van der Waals surface area contributed by atoms with Crippen molar-refractivity contribution < 1.29 is 0 Å². The summed E-state index contributed by atoms with van der Waals surface area (Å²) in [5.74, 6) is 0. The molecule has 0 unspecified atom stereocenters. The molecule has 0 amide bonds. The van der Waals surface area contributed by atoms with Gasteiger partial charge in [0.25, 0.3) is 0 Å². The molecule has 0 radical (unpaired) electrons. The molecule has 0 saturated heterocycles. The fourth-order valence-corrected chi connectivity index (χ4v) is 2.65. The van der Waals surface area contributed by atoms with E-state index in [1.54, 1.807) is 6.20 Å². The number of fused-ring (bicyclic) bond motifs is 1. The lowest BCUT2D eigenvalue weighted by atomic mass is 10.1. The molecule has 0 aliphatic heterocycles. The van der Waals surface area contributed by atoms with Gasteiger partial charge in [-0.3, -0.25) is 4.98 Å². The number of benzene rings is 2. The van der Waals surface area contributed by atoms with Crippen LogP contribution in [0.4, 0.5) is 11.4 Å². The van der Waals surface area contributed by atoms with E-state index in [0.717, 1.165) is 29.5 Å². The third kappa shape index (κ3) is 2.68. The van der Waals surface area contributed by atoms with E-state index in [0.29, 0.717) is 0 Å². The Bertz CT molecular complexity index is 738. The maximum Gasteiger partial charge on any atom is 0.0466 e. The Morgan fingerprint density at radius 1 is 1.00 bits per heavy atom. The van der Waals surface area contributed by atoms with Crippen molar-refractivity contribution in [2.75, 3.05) is 17.2 Å². The van der Waals surface area contributed by atoms with Crippen LogP contribution in [0.5, 0.6) is 0 Å². The fraction of sp³-hybridized carbons (Fsp3) is 0.167. The quantitative estimate of drug-likeness (QED) is 0.737. The Morgan fingerprint density at radius 3 is 2.57 bits per heavy atom. The highest BCUT2D eigenvalue weighted by atomic mass is 15.1. The first-order valence-corrected chi connectivity index (χ1v) is 7.20. The van der Waals surface area contributed by atoms with Gasteiger partial charge in [-0.1, -0.05) is 30.3 Å². The highest BCUT2D eigenvalue weighted by Gasteiger charge is 2.10. The predicted octanol–water partition coefficient (Wildman–Crippen LogP) is 3.84. The van der Waals surface area contributed by atoms with E-state index in [9.17, 15) is 0 Å². The topological polar surface area (TPSA) is 42.1 Å². The molecule has 0 aliphatic rings. The molecule has 0 bridgehead atoms. The zero-order chi connectivity index (χ0) is 14.7. The largest absolute Gasteiger partial charge is 0.398 e. The van der Waals surface area contributed by atoms with Gasteiger partial charge in [0.1, 0.15) is 0 Å². The molecule has 0 atom stereocenters. The molecule has 2 N–H and O–H groups in total. The summed E-state index contributed by atoms with van der Waals surface area (Å²) in [6, 6.07) is 16.5. The number of pyridine rings is 1. The van der Waals surface area contributed by atoms with Crippen molar-refractivity contribution in [2.24, 2.45) is 0 Å². The van der Waals surface area contributed by atoms with Gasteiger partial charge in [0, 0.05) is 47.6 Å². The third-order valence-electron chi connectivity index (χ3n) is 3.77. The zero-order valence-corrected chi connectivity index (χ0v) is 12.2. The monoisotopic (exact) mass is 277 g/mol. The first-order chi connectivity index (χ1) is 10.3. The number of nitrogens with two attached hydrogens (primary N) is 1. The first-order valence-electron chi connectivity index (χ1n) is 7.20. The predicted molar refractivity (Wildman–Crippen MR) is 89.3 cm³/mol. The lowest BCUT2D eigenvalue weighted by molar-refractivity contribution is 0.836. The van der Waals surface area contributed by atoms with Crippen molar-refractivity contribution in [3.05, 3.63) is 66.5 Å². The Balaban J connectivity index is 2.03. The molecule has 0 fully saturated rings. The molecule has 0 aliphatic carbocycles. The van der Waals surface area contributed by atoms with Gasteiger partial charge >= 0.3 is 0 Å². The van der Waals surface area contributed by atoms with Crippen LogP contribution in [0.25, 0.3) is 10.8 Å². The summed E-state index contributed by atoms with van der Waals surface area (Å²) in [5.41, 5.74) is 9.35. The van der Waals surface area contributed by atoms with E-state index in [1.165, 1.54) is 11.3 Å². The van der Waals surface area contributed by atoms with Crippen LogP contribution >= 0.6 is 0 Å². The van der Waals surface area contributed by atoms with Crippen LogP contribution in [-0.4, -0.2) is 11.5 Å². The summed E-state index contributed by atoms with van der Waals surface area (Å²) >= 11 is 0. The smallest absolute Gasteiger partial charge is 0.0466 e. The summed E-state index contributed by atoms with van der Waals surface area (Å²) in [5, 5.41) is 2.17. The van der Waals surface area contributed by atoms with E-state index in [4.69, 9.17) is 5.73 Å². The highest BCUT2D eigenvalue weighted by Crippen LogP contribution is 2.30. The molecule has 1 heterocycles. The van der Waals surface area contributed by atoms with E-state index in [-0.39, 0.29) is 0 Å². The highest BCUT2D eigenvalue weighted by molar-refractivity contribution is 6.00. The second kappa shape index (κ2) is 5.83. The molecule has 0 spiro atoms. The van der Waals surface area contributed by atoms with Crippen molar-refractivity contribution in [3.63, 3.8) is 0 Å². The third-order valence-corrected chi connectivity index (χ3v) is 3.77. The Hall–Kier alpha value is -2.55. The molecule has 21 heavy (non-hydrogen) atoms. The molecule has 3 rings (SSSR count). The van der Waals surface area contributed by atoms with Gasteiger partial charge in [-0.15, -0.1) is 0 Å². The minimum Gasteiger partial charge on any atom is -0.398 e. The summed E-state index contributed by atoms with van der Waals surface area (Å²) in [6.45, 7) is 3.98. The van der Waals surface area contributed by atoms with Gasteiger partial charge in [-0.2, -0.15) is 0 Å². The molecular weight excluding hydrogens is 258 g/mol. The van der Waals surface area contributed by atoms with Gasteiger partial charge in [0.05, 0.1) is 0 Å². The molecule has 3 heteroatoms. The Morgan fingerprint density at radius 2 is 1.81 bits per heavy atom. The molecule has 0 saturated carbocycles. The molecule has 106 valence electrons. The normalized spacial score (nSPS) is 10.7. The van der Waals surface area contributed by atoms with Crippen LogP contribution in [0.3, 0.4) is 0 Å². The fourth-order valence-electron chi connectivity index (χ4n) is 2.65. The summed E-state index contributed by atoms with van der Waals surface area (Å²) < 4.78 is 0. The van der Waals surface area contributed by atoms with Crippen molar-refractivity contribution in [2.45, 2.75) is 13.5 Å². The number of hydrogen-bond acceptors (Lipinski definition) is 3. The SMILES string of the molecule is CCN(Cc1ccccc1)c1ccc(N)c2ccncc12. The molecule has 3 aromatic rings. The number of nitrogen functional groups attached to an aromatic ring is 1. The van der Waals surface area contributed by atoms with E-state index in [1.807, 2.05) is 24.4 Å². The van der Waals surface area contributed by atoms with Crippen LogP contribution < -0.4 is 10.6 Å². The van der Waals surface area contributed by atoms with Crippen molar-refractivity contribution in [1.82, 2.24) is 4.98 Å². The molecular formula is C18H19N3. The van der Waals surface area contributed by atoms with Crippen molar-refractivity contribution in [3.8, 4) is 0 Å². The molecule has 3 nitrogen and oxygen atoms in total. The zero-order valence-electron chi connectivity index (χ0n) is 12.2. The van der Waals surface area contributed by atoms with E-state index >= 15 is 0 Å². The number of nitrogens with zero attached hydrogens (tertiary/aromatic N) is 2. The van der Waals surface area contributed by atoms with Crippen molar-refractivity contribution >= 4 is 22.1 Å². The molecule has 2 aromatic carbocycles. The molecule has 1 aromatic heterocycles. The number of hydrogen-bond donors (Lipinski definition) is 1. The van der Waals surface area contributed by atoms with Gasteiger partial charge in [-0.25, -0.2) is 0 Å². The lowest BCUT2D eigenvalue weighted by Crippen LogP contribution is -2.22. The van der Waals surface area contributed by atoms with E-state index in [2.05, 4.69) is 47.1 Å². The maximum absolute atomic E-state index is 6.07. The summed E-state index contributed by atoms with van der Waals surface area (Å²) in [6.07, 6.45) is 3.69. The summed E-state index contributed by atoms with van der Waals surface area (Å²) in [4.78, 5) is 6.60. The average Bonchev–Trinajstić information content (AvgIpc) is 2.55. The van der Waals surface area contributed by atoms with Gasteiger partial charge in [-0.05, 0) is 30.7 Å². The second-order valence-electron chi connectivity index (χ2n) is 5.09. The van der Waals surface area contributed by atoms with Crippen LogP contribution in [0.15, 0.2) is 60.9 Å². The average molecular weight is 277 g/mol. The first kappa shape index (κ1) is 13.4. The Kier molecular flexibility index (Phi) is 3.73. The van der Waals surface area contributed by atoms with Crippen LogP contribution in [0, 0.1) is 0 Å². The standard InChI is InChI=1S/C18H19N3/c1-2-21(13-14-6-4-3-5-7-14)18-9-8-17(19)15-10-11-20-12-16(15)18/h3-12H,2,13,19H2,1H3. The van der Waals surface area contributed by atoms with Gasteiger partial charge in [0.15, 0.2) is 0 Å². The second-order valence-corrected chi connectivity index (χ2v) is 5.09. The van der Waals surface area contributed by atoms with E-state index < -0.39 is 0 Å². The minimum absolute atomic E-state index is 0.798. The minimum atomic E-state index is 0.798.